The first kappa shape index (κ1) is 14.8. The van der Waals surface area contributed by atoms with Crippen LogP contribution in [0.25, 0.3) is 20.4 Å². The quantitative estimate of drug-likeness (QED) is 0.518. The van der Waals surface area contributed by atoms with E-state index in [0.29, 0.717) is 16.4 Å². The molecular formula is C18H11N3OS2. The van der Waals surface area contributed by atoms with Crippen molar-refractivity contribution in [1.29, 1.82) is 0 Å². The van der Waals surface area contributed by atoms with Crippen LogP contribution in [0.2, 0.25) is 0 Å². The number of terminal acetylenes is 1. The third-order valence-corrected chi connectivity index (χ3v) is 5.60. The van der Waals surface area contributed by atoms with E-state index < -0.39 is 0 Å². The molecule has 1 amide bonds. The highest BCUT2D eigenvalue weighted by molar-refractivity contribution is 7.20. The average Bonchev–Trinajstić information content (AvgIpc) is 3.17. The highest BCUT2D eigenvalue weighted by atomic mass is 32.1. The van der Waals surface area contributed by atoms with Crippen molar-refractivity contribution >= 4 is 49.0 Å². The zero-order valence-electron chi connectivity index (χ0n) is 12.5. The number of carbonyl (C=O) groups is 1. The van der Waals surface area contributed by atoms with Crippen LogP contribution in [0.3, 0.4) is 0 Å². The number of carbonyl (C=O) groups excluding carboxylic acids is 1. The lowest BCUT2D eigenvalue weighted by atomic mass is 10.3. The molecule has 0 spiro atoms. The lowest BCUT2D eigenvalue weighted by Gasteiger charge is -1.98. The van der Waals surface area contributed by atoms with Crippen LogP contribution < -0.4 is 4.80 Å². The largest absolute Gasteiger partial charge is 0.308 e. The van der Waals surface area contributed by atoms with Gasteiger partial charge in [0.25, 0.3) is 0 Å². The minimum Gasteiger partial charge on any atom is -0.305 e. The van der Waals surface area contributed by atoms with Crippen molar-refractivity contribution in [3.63, 3.8) is 0 Å². The molecule has 2 heterocycles. The summed E-state index contributed by atoms with van der Waals surface area (Å²) >= 11 is 2.80. The number of thiazole rings is 2. The van der Waals surface area contributed by atoms with Crippen LogP contribution in [0.5, 0.6) is 0 Å². The van der Waals surface area contributed by atoms with E-state index in [0.717, 1.165) is 20.4 Å². The highest BCUT2D eigenvalue weighted by Crippen LogP contribution is 2.22. The van der Waals surface area contributed by atoms with Crippen molar-refractivity contribution in [1.82, 2.24) is 9.55 Å². The smallest absolute Gasteiger partial charge is 0.305 e. The van der Waals surface area contributed by atoms with E-state index in [1.54, 1.807) is 0 Å². The molecule has 116 valence electrons. The molecule has 0 radical (unpaired) electrons. The van der Waals surface area contributed by atoms with Crippen molar-refractivity contribution in [2.45, 2.75) is 6.54 Å². The fraction of sp³-hybridized carbons (Fsp3) is 0.0556. The van der Waals surface area contributed by atoms with Gasteiger partial charge in [0.15, 0.2) is 9.81 Å². The molecule has 0 saturated carbocycles. The molecule has 0 N–H and O–H groups in total. The number of nitrogens with zero attached hydrogens (tertiary/aromatic N) is 3. The Morgan fingerprint density at radius 1 is 1.12 bits per heavy atom. The van der Waals surface area contributed by atoms with Crippen molar-refractivity contribution in [3.05, 3.63) is 58.3 Å². The summed E-state index contributed by atoms with van der Waals surface area (Å²) in [5.74, 6) is 2.28. The second-order valence-electron chi connectivity index (χ2n) is 5.05. The summed E-state index contributed by atoms with van der Waals surface area (Å²) in [4.78, 5) is 21.8. The Morgan fingerprint density at radius 2 is 1.88 bits per heavy atom. The first-order valence-corrected chi connectivity index (χ1v) is 8.86. The first-order valence-electron chi connectivity index (χ1n) is 7.23. The number of aromatic nitrogens is 2. The Kier molecular flexibility index (Phi) is 3.73. The third-order valence-electron chi connectivity index (χ3n) is 3.51. The van der Waals surface area contributed by atoms with Gasteiger partial charge in [-0.15, -0.1) is 17.8 Å². The molecule has 0 unspecified atom stereocenters. The monoisotopic (exact) mass is 349 g/mol. The summed E-state index contributed by atoms with van der Waals surface area (Å²) in [6.45, 7) is 0.371. The van der Waals surface area contributed by atoms with Crippen LogP contribution in [0.4, 0.5) is 0 Å². The van der Waals surface area contributed by atoms with Gasteiger partial charge in [-0.3, -0.25) is 4.79 Å². The third kappa shape index (κ3) is 2.54. The van der Waals surface area contributed by atoms with Crippen molar-refractivity contribution in [2.24, 2.45) is 4.99 Å². The molecule has 0 atom stereocenters. The van der Waals surface area contributed by atoms with E-state index in [1.165, 1.54) is 22.7 Å². The highest BCUT2D eigenvalue weighted by Gasteiger charge is 2.12. The molecule has 24 heavy (non-hydrogen) atoms. The average molecular weight is 349 g/mol. The first-order chi connectivity index (χ1) is 11.8. The standard InChI is InChI=1S/C18H11N3OS2/c1-2-11-21-13-8-4-6-10-15(13)24-18(21)20-16(22)17-19-12-7-3-5-9-14(12)23-17/h1,3-10H,11H2. The number of para-hydroxylation sites is 2. The summed E-state index contributed by atoms with van der Waals surface area (Å²) in [6.07, 6.45) is 5.47. The fourth-order valence-corrected chi connectivity index (χ4v) is 4.33. The molecular weight excluding hydrogens is 338 g/mol. The molecule has 4 nitrogen and oxygen atoms in total. The molecule has 2 aromatic carbocycles. The van der Waals surface area contributed by atoms with Gasteiger partial charge in [0, 0.05) is 0 Å². The van der Waals surface area contributed by atoms with Crippen molar-refractivity contribution in [3.8, 4) is 12.3 Å². The second kappa shape index (κ2) is 6.04. The lowest BCUT2D eigenvalue weighted by molar-refractivity contribution is 0.0997. The van der Waals surface area contributed by atoms with Gasteiger partial charge in [0.05, 0.1) is 27.0 Å². The normalized spacial score (nSPS) is 11.9. The zero-order chi connectivity index (χ0) is 16.5. The Bertz CT molecular complexity index is 1140. The number of fused-ring (bicyclic) bond motifs is 2. The molecule has 4 rings (SSSR count). The van der Waals surface area contributed by atoms with Crippen molar-refractivity contribution in [2.75, 3.05) is 0 Å². The van der Waals surface area contributed by atoms with Crippen molar-refractivity contribution < 1.29 is 4.79 Å². The van der Waals surface area contributed by atoms with Crippen LogP contribution in [-0.4, -0.2) is 15.5 Å². The minimum absolute atomic E-state index is 0.339. The van der Waals surface area contributed by atoms with E-state index in [1.807, 2.05) is 53.1 Å². The summed E-state index contributed by atoms with van der Waals surface area (Å²) in [6, 6.07) is 15.5. The van der Waals surface area contributed by atoms with Crippen LogP contribution in [-0.2, 0) is 6.54 Å². The lowest BCUT2D eigenvalue weighted by Crippen LogP contribution is -2.16. The van der Waals surface area contributed by atoms with Gasteiger partial charge >= 0.3 is 5.91 Å². The Hall–Kier alpha value is -2.75. The van der Waals surface area contributed by atoms with E-state index >= 15 is 0 Å². The van der Waals surface area contributed by atoms with Gasteiger partial charge < -0.3 is 4.57 Å². The number of amides is 1. The van der Waals surface area contributed by atoms with Gasteiger partial charge in [0.2, 0.25) is 0 Å². The van der Waals surface area contributed by atoms with Gasteiger partial charge in [-0.25, -0.2) is 4.98 Å². The predicted octanol–water partition coefficient (Wildman–Crippen LogP) is 3.69. The maximum absolute atomic E-state index is 12.5. The van der Waals surface area contributed by atoms with Crippen LogP contribution in [0.1, 0.15) is 9.80 Å². The minimum atomic E-state index is -0.339. The number of hydrogen-bond acceptors (Lipinski definition) is 4. The number of rotatable bonds is 2. The van der Waals surface area contributed by atoms with Gasteiger partial charge in [-0.05, 0) is 24.3 Å². The van der Waals surface area contributed by atoms with Crippen LogP contribution >= 0.6 is 22.7 Å². The topological polar surface area (TPSA) is 47.2 Å². The Labute approximate surface area is 145 Å². The molecule has 6 heteroatoms. The van der Waals surface area contributed by atoms with Gasteiger partial charge in [-0.2, -0.15) is 4.99 Å². The Morgan fingerprint density at radius 3 is 2.67 bits per heavy atom. The predicted molar refractivity (Wildman–Crippen MR) is 98.2 cm³/mol. The fourth-order valence-electron chi connectivity index (χ4n) is 2.45. The SMILES string of the molecule is C#CCn1c(=NC(=O)c2nc3ccccc3s2)sc2ccccc21. The number of hydrogen-bond donors (Lipinski definition) is 0. The van der Waals surface area contributed by atoms with Crippen LogP contribution in [0.15, 0.2) is 53.5 Å². The van der Waals surface area contributed by atoms with Crippen LogP contribution in [0, 0.1) is 12.3 Å². The molecule has 0 fully saturated rings. The maximum Gasteiger partial charge on any atom is 0.308 e. The van der Waals surface area contributed by atoms with E-state index in [4.69, 9.17) is 6.42 Å². The summed E-state index contributed by atoms with van der Waals surface area (Å²) in [7, 11) is 0. The van der Waals surface area contributed by atoms with E-state index in [9.17, 15) is 4.79 Å². The summed E-state index contributed by atoms with van der Waals surface area (Å²) in [5.41, 5.74) is 1.80. The Balaban J connectivity index is 1.85. The summed E-state index contributed by atoms with van der Waals surface area (Å²) in [5, 5.41) is 0.390. The van der Waals surface area contributed by atoms with Gasteiger partial charge in [-0.1, -0.05) is 41.5 Å². The molecule has 0 aliphatic carbocycles. The molecule has 0 aliphatic heterocycles. The van der Waals surface area contributed by atoms with Gasteiger partial charge in [0.1, 0.15) is 0 Å². The zero-order valence-corrected chi connectivity index (χ0v) is 14.1. The molecule has 0 aliphatic rings. The maximum atomic E-state index is 12.5. The summed E-state index contributed by atoms with van der Waals surface area (Å²) < 4.78 is 3.90. The van der Waals surface area contributed by atoms with E-state index in [-0.39, 0.29) is 5.91 Å². The molecule has 0 saturated heterocycles. The molecule has 2 aromatic heterocycles. The molecule has 0 bridgehead atoms. The second-order valence-corrected chi connectivity index (χ2v) is 7.09. The van der Waals surface area contributed by atoms with E-state index in [2.05, 4.69) is 15.9 Å². The molecule has 4 aromatic rings. The number of benzene rings is 2.